The van der Waals surface area contributed by atoms with Crippen LogP contribution in [0.15, 0.2) is 42.5 Å². The zero-order chi connectivity index (χ0) is 34.0. The molecule has 0 bridgehead atoms. The summed E-state index contributed by atoms with van der Waals surface area (Å²) in [5.74, 6) is -1.58. The Kier molecular flexibility index (Phi) is 10.6. The second kappa shape index (κ2) is 14.7. The third-order valence-corrected chi connectivity index (χ3v) is 11.5. The summed E-state index contributed by atoms with van der Waals surface area (Å²) in [5, 5.41) is 0. The normalized spacial score (nSPS) is 30.1. The number of methoxy groups -OCH3 is 3. The van der Waals surface area contributed by atoms with Crippen molar-refractivity contribution in [2.45, 2.75) is 68.2 Å². The minimum Gasteiger partial charge on any atom is -0.497 e. The van der Waals surface area contributed by atoms with Crippen LogP contribution in [0.3, 0.4) is 0 Å². The molecule has 3 saturated heterocycles. The quantitative estimate of drug-likeness (QED) is 0.399. The lowest BCUT2D eigenvalue weighted by molar-refractivity contribution is -0.143. The number of piperidine rings is 1. The van der Waals surface area contributed by atoms with Gasteiger partial charge in [0.05, 0.1) is 19.8 Å². The van der Waals surface area contributed by atoms with Crippen molar-refractivity contribution in [1.29, 1.82) is 0 Å². The van der Waals surface area contributed by atoms with Gasteiger partial charge in [-0.15, -0.1) is 0 Å². The van der Waals surface area contributed by atoms with Gasteiger partial charge in [-0.05, 0) is 73.9 Å². The number of ether oxygens (including phenoxy) is 3. The number of nitrogens with two attached hydrogens (primary N) is 1. The zero-order valence-corrected chi connectivity index (χ0v) is 28.4. The van der Waals surface area contributed by atoms with Crippen molar-refractivity contribution in [1.82, 2.24) is 9.80 Å². The van der Waals surface area contributed by atoms with E-state index in [2.05, 4.69) is 9.80 Å². The molecule has 0 spiro atoms. The van der Waals surface area contributed by atoms with Crippen molar-refractivity contribution < 1.29 is 32.6 Å². The smallest absolute Gasteiger partial charge is 0.262 e. The van der Waals surface area contributed by atoms with Gasteiger partial charge in [0, 0.05) is 88.9 Å². The van der Waals surface area contributed by atoms with Crippen molar-refractivity contribution in [3.63, 3.8) is 0 Å². The number of rotatable bonds is 10. The van der Waals surface area contributed by atoms with E-state index in [-0.39, 0.29) is 48.2 Å². The van der Waals surface area contributed by atoms with Gasteiger partial charge in [0.25, 0.3) is 5.91 Å². The first-order valence-corrected chi connectivity index (χ1v) is 17.4. The monoisotopic (exact) mass is 668 g/mol. The summed E-state index contributed by atoms with van der Waals surface area (Å²) in [6.45, 7) is 2.68. The van der Waals surface area contributed by atoms with Crippen molar-refractivity contribution >= 4 is 17.5 Å². The molecule has 4 fully saturated rings. The summed E-state index contributed by atoms with van der Waals surface area (Å²) >= 11 is 0. The molecule has 4 atom stereocenters. The predicted molar refractivity (Wildman–Crippen MR) is 179 cm³/mol. The van der Waals surface area contributed by atoms with Gasteiger partial charge in [-0.1, -0.05) is 18.2 Å². The fraction of sp³-hybridized carbons (Fsp3) is 0.622. The van der Waals surface area contributed by atoms with E-state index in [9.17, 15) is 14.0 Å². The Labute approximate surface area is 282 Å². The molecule has 2 amide bonds. The fourth-order valence-corrected chi connectivity index (χ4v) is 8.74. The van der Waals surface area contributed by atoms with Gasteiger partial charge < -0.3 is 29.7 Å². The molecule has 2 N–H and O–H groups in total. The van der Waals surface area contributed by atoms with E-state index in [0.29, 0.717) is 57.9 Å². The number of likely N-dealkylation sites (tertiary alicyclic amines) is 2. The topological polar surface area (TPSA) is 97.6 Å². The summed E-state index contributed by atoms with van der Waals surface area (Å²) in [4.78, 5) is 32.4. The van der Waals surface area contributed by atoms with Crippen LogP contribution >= 0.6 is 0 Å². The summed E-state index contributed by atoms with van der Waals surface area (Å²) in [5.41, 5.74) is 5.89. The number of nitrogens with zero attached hydrogens (tertiary/aromatic N) is 3. The molecule has 6 rings (SSSR count). The predicted octanol–water partition coefficient (Wildman–Crippen LogP) is 4.49. The lowest BCUT2D eigenvalue weighted by Crippen LogP contribution is -2.50. The lowest BCUT2D eigenvalue weighted by atomic mass is 9.85. The Hall–Kier alpha value is -3.28. The van der Waals surface area contributed by atoms with E-state index in [1.807, 2.05) is 24.3 Å². The van der Waals surface area contributed by atoms with Crippen molar-refractivity contribution in [3.8, 4) is 5.75 Å². The van der Waals surface area contributed by atoms with Gasteiger partial charge in [0.1, 0.15) is 11.6 Å². The highest BCUT2D eigenvalue weighted by Gasteiger charge is 2.57. The van der Waals surface area contributed by atoms with E-state index in [1.54, 1.807) is 32.3 Å². The van der Waals surface area contributed by atoms with Crippen molar-refractivity contribution in [3.05, 3.63) is 59.4 Å². The highest BCUT2D eigenvalue weighted by molar-refractivity contribution is 5.88. The Morgan fingerprint density at radius 2 is 1.65 bits per heavy atom. The molecule has 1 aliphatic carbocycles. The number of alkyl halides is 1. The molecule has 9 nitrogen and oxygen atoms in total. The Morgan fingerprint density at radius 1 is 0.938 bits per heavy atom. The molecule has 0 unspecified atom stereocenters. The highest BCUT2D eigenvalue weighted by atomic mass is 19.1. The number of hydrogen-bond donors (Lipinski definition) is 1. The molecular formula is C37H50F2N4O5. The number of hydrogen-bond acceptors (Lipinski definition) is 7. The van der Waals surface area contributed by atoms with Gasteiger partial charge in [0.15, 0.2) is 0 Å². The molecule has 48 heavy (non-hydrogen) atoms. The van der Waals surface area contributed by atoms with Gasteiger partial charge in [-0.25, -0.2) is 8.78 Å². The molecule has 262 valence electrons. The molecule has 3 aliphatic heterocycles. The van der Waals surface area contributed by atoms with Crippen molar-refractivity contribution in [2.75, 3.05) is 72.1 Å². The van der Waals surface area contributed by atoms with Crippen LogP contribution in [0.25, 0.3) is 0 Å². The fourth-order valence-electron chi connectivity index (χ4n) is 8.74. The maximum absolute atomic E-state index is 17.8. The summed E-state index contributed by atoms with van der Waals surface area (Å²) in [6.07, 6.45) is 5.08. The van der Waals surface area contributed by atoms with Crippen LogP contribution in [0.1, 0.15) is 61.5 Å². The van der Waals surface area contributed by atoms with Crippen LogP contribution in [-0.4, -0.2) is 107 Å². The average Bonchev–Trinajstić information content (AvgIpc) is 3.70. The van der Waals surface area contributed by atoms with E-state index in [1.165, 1.54) is 12.1 Å². The number of benzene rings is 2. The van der Waals surface area contributed by atoms with Crippen LogP contribution < -0.4 is 15.4 Å². The molecule has 3 heterocycles. The van der Waals surface area contributed by atoms with Crippen LogP contribution in [0.5, 0.6) is 5.75 Å². The minimum absolute atomic E-state index is 0.0392. The first-order valence-electron chi connectivity index (χ1n) is 17.4. The molecule has 1 saturated carbocycles. The maximum atomic E-state index is 17.8. The molecule has 2 aromatic carbocycles. The second-order valence-corrected chi connectivity index (χ2v) is 14.2. The number of carbonyl (C=O) groups excluding carboxylic acids is 2. The summed E-state index contributed by atoms with van der Waals surface area (Å²) < 4.78 is 49.1. The summed E-state index contributed by atoms with van der Waals surface area (Å²) in [7, 11) is 4.97. The highest BCUT2D eigenvalue weighted by Crippen LogP contribution is 2.46. The van der Waals surface area contributed by atoms with E-state index in [4.69, 9.17) is 19.9 Å². The molecule has 4 aliphatic rings. The molecule has 0 radical (unpaired) electrons. The number of halogens is 2. The van der Waals surface area contributed by atoms with Gasteiger partial charge >= 0.3 is 0 Å². The second-order valence-electron chi connectivity index (χ2n) is 14.2. The number of anilines is 1. The third-order valence-electron chi connectivity index (χ3n) is 11.5. The van der Waals surface area contributed by atoms with E-state index >= 15 is 4.39 Å². The maximum Gasteiger partial charge on any atom is 0.262 e. The first-order chi connectivity index (χ1) is 23.1. The third kappa shape index (κ3) is 6.91. The SMILES string of the molecule is COC[C@H]1CN(C(=O)[C@]2(F)CN(C3CCC(OC)CC3)C[C@H]2c2ccc(OC)cc2)C[C@@H]1c1ccc(F)cc1N1CCC(C(N)=O)CC1. The average molecular weight is 669 g/mol. The van der Waals surface area contributed by atoms with Gasteiger partial charge in [0.2, 0.25) is 11.6 Å². The minimum atomic E-state index is -2.12. The van der Waals surface area contributed by atoms with Crippen LogP contribution in [-0.2, 0) is 19.1 Å². The van der Waals surface area contributed by atoms with Gasteiger partial charge in [-0.2, -0.15) is 0 Å². The standard InChI is InChI=1S/C37H50F2N4O5/c1-46-22-26-19-42(20-32(26)31-13-6-27(38)18-34(31)41-16-14-25(15-17-41)35(40)44)36(45)37(39)23-43(28-7-11-30(48-3)12-8-28)21-33(37)24-4-9-29(47-2)10-5-24/h4-6,9-10,13,18,25-26,28,30,32-33H,7-8,11-12,14-17,19-23H2,1-3H3,(H2,40,44)/t26-,28?,30?,32+,33+,37+/m1/s1. The Bertz CT molecular complexity index is 1430. The molecule has 0 aromatic heterocycles. The number of amides is 2. The number of carbonyl (C=O) groups is 2. The van der Waals surface area contributed by atoms with E-state index < -0.39 is 17.5 Å². The largest absolute Gasteiger partial charge is 0.497 e. The Morgan fingerprint density at radius 3 is 2.27 bits per heavy atom. The van der Waals surface area contributed by atoms with Crippen LogP contribution in [0, 0.1) is 17.7 Å². The lowest BCUT2D eigenvalue weighted by Gasteiger charge is -2.35. The van der Waals surface area contributed by atoms with Gasteiger partial charge in [-0.3, -0.25) is 14.5 Å². The summed E-state index contributed by atoms with van der Waals surface area (Å²) in [6, 6.07) is 12.4. The number of primary amides is 1. The molecule has 2 aromatic rings. The molecule has 11 heteroatoms. The van der Waals surface area contributed by atoms with E-state index in [0.717, 1.165) is 42.5 Å². The molecular weight excluding hydrogens is 618 g/mol. The van der Waals surface area contributed by atoms with Crippen LogP contribution in [0.2, 0.25) is 0 Å². The Balaban J connectivity index is 1.27. The first kappa shape index (κ1) is 34.6. The zero-order valence-electron chi connectivity index (χ0n) is 28.4. The van der Waals surface area contributed by atoms with Crippen LogP contribution in [0.4, 0.5) is 14.5 Å². The van der Waals surface area contributed by atoms with Crippen molar-refractivity contribution in [2.24, 2.45) is 17.6 Å².